The number of ether oxygens (including phenoxy) is 1. The van der Waals surface area contributed by atoms with E-state index in [1.54, 1.807) is 24.3 Å². The molecule has 1 aromatic rings. The van der Waals surface area contributed by atoms with E-state index >= 15 is 0 Å². The van der Waals surface area contributed by atoms with Crippen molar-refractivity contribution in [1.82, 2.24) is 5.32 Å². The van der Waals surface area contributed by atoms with Gasteiger partial charge >= 0.3 is 5.97 Å². The molecule has 0 amide bonds. The molecule has 4 nitrogen and oxygen atoms in total. The van der Waals surface area contributed by atoms with Gasteiger partial charge in [0.15, 0.2) is 0 Å². The Morgan fingerprint density at radius 1 is 1.26 bits per heavy atom. The van der Waals surface area contributed by atoms with Crippen LogP contribution in [0.1, 0.15) is 37.0 Å². The third-order valence-electron chi connectivity index (χ3n) is 2.78. The molecule has 0 saturated heterocycles. The molecule has 0 heterocycles. The predicted molar refractivity (Wildman–Crippen MR) is 75.8 cm³/mol. The van der Waals surface area contributed by atoms with Crippen LogP contribution in [0.5, 0.6) is 5.75 Å². The van der Waals surface area contributed by atoms with Crippen LogP contribution in [0.2, 0.25) is 0 Å². The summed E-state index contributed by atoms with van der Waals surface area (Å²) in [5, 5.41) is 12.1. The maximum Gasteiger partial charge on any atom is 0.335 e. The molecule has 0 aliphatic rings. The molecule has 0 bridgehead atoms. The fraction of sp³-hybridized carbons (Fsp3) is 0.533. The number of rotatable bonds is 9. The highest BCUT2D eigenvalue weighted by molar-refractivity contribution is 5.87. The molecule has 0 saturated carbocycles. The normalized spacial score (nSPS) is 10.7. The topological polar surface area (TPSA) is 58.6 Å². The third kappa shape index (κ3) is 6.82. The molecule has 0 aliphatic heterocycles. The van der Waals surface area contributed by atoms with Gasteiger partial charge in [-0.1, -0.05) is 13.8 Å². The Morgan fingerprint density at radius 2 is 1.95 bits per heavy atom. The van der Waals surface area contributed by atoms with Crippen molar-refractivity contribution >= 4 is 5.97 Å². The number of aromatic carboxylic acids is 1. The van der Waals surface area contributed by atoms with Crippen LogP contribution in [0.4, 0.5) is 0 Å². The summed E-state index contributed by atoms with van der Waals surface area (Å²) in [6.07, 6.45) is 2.43. The molecule has 0 aliphatic carbocycles. The van der Waals surface area contributed by atoms with Crippen LogP contribution >= 0.6 is 0 Å². The Hall–Kier alpha value is -1.55. The van der Waals surface area contributed by atoms with Crippen molar-refractivity contribution in [3.63, 3.8) is 0 Å². The first kappa shape index (κ1) is 15.5. The van der Waals surface area contributed by atoms with E-state index in [1.165, 1.54) is 12.8 Å². The molecule has 1 rings (SSSR count). The maximum absolute atomic E-state index is 10.7. The van der Waals surface area contributed by atoms with Crippen molar-refractivity contribution in [2.45, 2.75) is 26.7 Å². The third-order valence-corrected chi connectivity index (χ3v) is 2.78. The summed E-state index contributed by atoms with van der Waals surface area (Å²) in [4.78, 5) is 10.7. The minimum Gasteiger partial charge on any atom is -0.492 e. The summed E-state index contributed by atoms with van der Waals surface area (Å²) in [5.74, 6) is 0.540. The Morgan fingerprint density at radius 3 is 2.53 bits per heavy atom. The van der Waals surface area contributed by atoms with Crippen molar-refractivity contribution in [1.29, 1.82) is 0 Å². The van der Waals surface area contributed by atoms with E-state index in [1.807, 2.05) is 0 Å². The molecule has 2 N–H and O–H groups in total. The summed E-state index contributed by atoms with van der Waals surface area (Å²) in [7, 11) is 0. The first-order valence-electron chi connectivity index (χ1n) is 6.76. The average Bonchev–Trinajstić information content (AvgIpc) is 2.38. The molecular formula is C15H23NO3. The SMILES string of the molecule is CC(C)CCCNCCOc1ccc(C(=O)O)cc1. The number of nitrogens with one attached hydrogen (secondary N) is 1. The van der Waals surface area contributed by atoms with Crippen molar-refractivity contribution < 1.29 is 14.6 Å². The zero-order chi connectivity index (χ0) is 14.1. The lowest BCUT2D eigenvalue weighted by molar-refractivity contribution is 0.0697. The van der Waals surface area contributed by atoms with Gasteiger partial charge in [-0.25, -0.2) is 4.79 Å². The molecule has 19 heavy (non-hydrogen) atoms. The lowest BCUT2D eigenvalue weighted by atomic mass is 10.1. The highest BCUT2D eigenvalue weighted by atomic mass is 16.5. The highest BCUT2D eigenvalue weighted by Gasteiger charge is 2.01. The van der Waals surface area contributed by atoms with Crippen LogP contribution in [0.25, 0.3) is 0 Å². The van der Waals surface area contributed by atoms with Gasteiger partial charge in [0, 0.05) is 6.54 Å². The molecule has 0 fully saturated rings. The van der Waals surface area contributed by atoms with Crippen molar-refractivity contribution in [2.24, 2.45) is 5.92 Å². The summed E-state index contributed by atoms with van der Waals surface area (Å²) < 4.78 is 5.51. The smallest absolute Gasteiger partial charge is 0.335 e. The van der Waals surface area contributed by atoms with Gasteiger partial charge in [-0.2, -0.15) is 0 Å². The molecule has 0 spiro atoms. The number of carboxylic acids is 1. The number of carbonyl (C=O) groups is 1. The molecule has 106 valence electrons. The van der Waals surface area contributed by atoms with Gasteiger partial charge in [0.1, 0.15) is 12.4 Å². The molecule has 1 aromatic carbocycles. The maximum atomic E-state index is 10.7. The number of carboxylic acid groups (broad SMARTS) is 1. The van der Waals surface area contributed by atoms with Gasteiger partial charge < -0.3 is 15.2 Å². The van der Waals surface area contributed by atoms with Gasteiger partial charge in [-0.15, -0.1) is 0 Å². The van der Waals surface area contributed by atoms with E-state index in [2.05, 4.69) is 19.2 Å². The average molecular weight is 265 g/mol. The monoisotopic (exact) mass is 265 g/mol. The van der Waals surface area contributed by atoms with Crippen LogP contribution < -0.4 is 10.1 Å². The minimum atomic E-state index is -0.918. The summed E-state index contributed by atoms with van der Waals surface area (Å²) in [6, 6.07) is 6.46. The molecule has 0 unspecified atom stereocenters. The lowest BCUT2D eigenvalue weighted by Gasteiger charge is -2.08. The fourth-order valence-corrected chi connectivity index (χ4v) is 1.70. The second kappa shape index (κ2) is 8.53. The van der Waals surface area contributed by atoms with Crippen molar-refractivity contribution in [3.8, 4) is 5.75 Å². The summed E-state index contributed by atoms with van der Waals surface area (Å²) >= 11 is 0. The molecule has 4 heteroatoms. The first-order valence-corrected chi connectivity index (χ1v) is 6.76. The van der Waals surface area contributed by atoms with E-state index < -0.39 is 5.97 Å². The van der Waals surface area contributed by atoms with Gasteiger partial charge in [0.25, 0.3) is 0 Å². The van der Waals surface area contributed by atoms with Gasteiger partial charge in [0.05, 0.1) is 5.56 Å². The van der Waals surface area contributed by atoms with E-state index in [4.69, 9.17) is 9.84 Å². The lowest BCUT2D eigenvalue weighted by Crippen LogP contribution is -2.22. The van der Waals surface area contributed by atoms with Crippen LogP contribution in [-0.4, -0.2) is 30.8 Å². The Bertz CT molecular complexity index is 373. The molecule has 0 atom stereocenters. The van der Waals surface area contributed by atoms with E-state index in [0.29, 0.717) is 12.4 Å². The highest BCUT2D eigenvalue weighted by Crippen LogP contribution is 2.11. The van der Waals surface area contributed by atoms with Gasteiger partial charge in [-0.05, 0) is 49.6 Å². The zero-order valence-corrected chi connectivity index (χ0v) is 11.7. The van der Waals surface area contributed by atoms with E-state index in [0.717, 1.165) is 19.0 Å². The minimum absolute atomic E-state index is 0.277. The Balaban J connectivity index is 2.11. The standard InChI is InChI=1S/C15H23NO3/c1-12(2)4-3-9-16-10-11-19-14-7-5-13(6-8-14)15(17)18/h5-8,12,16H,3-4,9-11H2,1-2H3,(H,17,18). The van der Waals surface area contributed by atoms with Gasteiger partial charge in [-0.3, -0.25) is 0 Å². The molecule has 0 radical (unpaired) electrons. The van der Waals surface area contributed by atoms with Gasteiger partial charge in [0.2, 0.25) is 0 Å². The van der Waals surface area contributed by atoms with Crippen LogP contribution in [0.15, 0.2) is 24.3 Å². The van der Waals surface area contributed by atoms with E-state index in [9.17, 15) is 4.79 Å². The molecule has 0 aromatic heterocycles. The fourth-order valence-electron chi connectivity index (χ4n) is 1.70. The van der Waals surface area contributed by atoms with Crippen molar-refractivity contribution in [3.05, 3.63) is 29.8 Å². The zero-order valence-electron chi connectivity index (χ0n) is 11.7. The first-order chi connectivity index (χ1) is 9.09. The van der Waals surface area contributed by atoms with Crippen LogP contribution in [0, 0.1) is 5.92 Å². The predicted octanol–water partition coefficient (Wildman–Crippen LogP) is 2.79. The van der Waals surface area contributed by atoms with Crippen LogP contribution in [-0.2, 0) is 0 Å². The Labute approximate surface area is 114 Å². The number of hydrogen-bond acceptors (Lipinski definition) is 3. The number of benzene rings is 1. The molecular weight excluding hydrogens is 242 g/mol. The largest absolute Gasteiger partial charge is 0.492 e. The van der Waals surface area contributed by atoms with Crippen molar-refractivity contribution in [2.75, 3.05) is 19.7 Å². The number of hydrogen-bond donors (Lipinski definition) is 2. The Kier molecular flexibility index (Phi) is 6.97. The summed E-state index contributed by atoms with van der Waals surface area (Å²) in [5.41, 5.74) is 0.277. The van der Waals surface area contributed by atoms with E-state index in [-0.39, 0.29) is 5.56 Å². The van der Waals surface area contributed by atoms with Crippen LogP contribution in [0.3, 0.4) is 0 Å². The second-order valence-electron chi connectivity index (χ2n) is 4.96. The second-order valence-corrected chi connectivity index (χ2v) is 4.96. The quantitative estimate of drug-likeness (QED) is 0.674. The summed E-state index contributed by atoms with van der Waals surface area (Å²) in [6.45, 7) is 6.86.